The highest BCUT2D eigenvalue weighted by atomic mass is 16.4. The van der Waals surface area contributed by atoms with Crippen LogP contribution in [-0.2, 0) is 9.59 Å². The zero-order valence-corrected chi connectivity index (χ0v) is 21.4. The molecule has 200 valence electrons. The number of carbonyl (C=O) groups excluding carboxylic acids is 1. The average molecular weight is 496 g/mol. The standard InChI is InChI=1S/C27H45NO7/c1-14(4-7-21(31)28-20(13-29)25(34)35)16-5-6-17-22-18(9-11-26(16,17)2)27(3)10-8-15(30)12-19(27)23(32)24(22)33/h14-20,22-24,29-30,32-33H,4-13H2,1-3H3,(H,28,31)(H,34,35)/t14-,15-,16-,17?,18?,19?,20+,22?,23-,24+,26-,27-/m1/s1. The number of nitrogens with one attached hydrogen (secondary N) is 1. The molecule has 12 atom stereocenters. The number of hydrogen-bond acceptors (Lipinski definition) is 6. The van der Waals surface area contributed by atoms with Crippen molar-refractivity contribution in [2.24, 2.45) is 46.3 Å². The van der Waals surface area contributed by atoms with Gasteiger partial charge in [0, 0.05) is 6.42 Å². The Bertz CT molecular complexity index is 806. The second-order valence-corrected chi connectivity index (χ2v) is 12.7. The van der Waals surface area contributed by atoms with Crippen LogP contribution < -0.4 is 5.32 Å². The van der Waals surface area contributed by atoms with Gasteiger partial charge in [-0.25, -0.2) is 4.79 Å². The third kappa shape index (κ3) is 4.53. The van der Waals surface area contributed by atoms with Crippen LogP contribution in [0.5, 0.6) is 0 Å². The third-order valence-electron chi connectivity index (χ3n) is 11.1. The number of aliphatic carboxylic acids is 1. The van der Waals surface area contributed by atoms with Crippen LogP contribution in [0, 0.1) is 46.3 Å². The van der Waals surface area contributed by atoms with E-state index in [0.29, 0.717) is 30.6 Å². The first-order chi connectivity index (χ1) is 16.4. The van der Waals surface area contributed by atoms with E-state index in [2.05, 4.69) is 26.1 Å². The van der Waals surface area contributed by atoms with E-state index >= 15 is 0 Å². The fraction of sp³-hybridized carbons (Fsp3) is 0.926. The number of rotatable bonds is 7. The minimum Gasteiger partial charge on any atom is -0.480 e. The predicted octanol–water partition coefficient (Wildman–Crippen LogP) is 1.93. The zero-order chi connectivity index (χ0) is 25.7. The Hall–Kier alpha value is -1.22. The summed E-state index contributed by atoms with van der Waals surface area (Å²) in [5.74, 6) is -0.262. The highest BCUT2D eigenvalue weighted by Gasteiger charge is 2.65. The summed E-state index contributed by atoms with van der Waals surface area (Å²) in [4.78, 5) is 23.4. The molecule has 8 heteroatoms. The molecule has 6 N–H and O–H groups in total. The minimum absolute atomic E-state index is 0.0316. The molecule has 35 heavy (non-hydrogen) atoms. The van der Waals surface area contributed by atoms with E-state index in [4.69, 9.17) is 10.2 Å². The number of carbonyl (C=O) groups is 2. The van der Waals surface area contributed by atoms with Crippen LogP contribution in [0.2, 0.25) is 0 Å². The summed E-state index contributed by atoms with van der Waals surface area (Å²) in [6.07, 6.45) is 5.27. The van der Waals surface area contributed by atoms with Gasteiger partial charge in [-0.3, -0.25) is 4.79 Å². The zero-order valence-electron chi connectivity index (χ0n) is 21.4. The van der Waals surface area contributed by atoms with Crippen LogP contribution in [0.3, 0.4) is 0 Å². The van der Waals surface area contributed by atoms with Gasteiger partial charge in [0.15, 0.2) is 0 Å². The van der Waals surface area contributed by atoms with Gasteiger partial charge >= 0.3 is 5.97 Å². The van der Waals surface area contributed by atoms with Crippen molar-refractivity contribution in [3.8, 4) is 0 Å². The number of carboxylic acids is 1. The van der Waals surface area contributed by atoms with Crippen molar-refractivity contribution in [3.63, 3.8) is 0 Å². The summed E-state index contributed by atoms with van der Waals surface area (Å²) in [7, 11) is 0. The Labute approximate surface area is 208 Å². The van der Waals surface area contributed by atoms with Crippen molar-refractivity contribution in [1.29, 1.82) is 0 Å². The van der Waals surface area contributed by atoms with Gasteiger partial charge < -0.3 is 30.8 Å². The molecular formula is C27H45NO7. The van der Waals surface area contributed by atoms with Gasteiger partial charge in [0.1, 0.15) is 6.04 Å². The normalized spacial score (nSPS) is 46.6. The fourth-order valence-corrected chi connectivity index (χ4v) is 9.23. The topological polar surface area (TPSA) is 147 Å². The number of hydrogen-bond donors (Lipinski definition) is 6. The summed E-state index contributed by atoms with van der Waals surface area (Å²) in [6, 6.07) is -1.27. The quantitative estimate of drug-likeness (QED) is 0.316. The Morgan fingerprint density at radius 1 is 0.943 bits per heavy atom. The van der Waals surface area contributed by atoms with Crippen molar-refractivity contribution in [2.75, 3.05) is 6.61 Å². The first kappa shape index (κ1) is 26.8. The summed E-state index contributed by atoms with van der Waals surface area (Å²) < 4.78 is 0. The van der Waals surface area contributed by atoms with Gasteiger partial charge in [0.2, 0.25) is 5.91 Å². The summed E-state index contributed by atoms with van der Waals surface area (Å²) in [6.45, 7) is 6.16. The molecule has 1 amide bonds. The van der Waals surface area contributed by atoms with E-state index < -0.39 is 36.9 Å². The van der Waals surface area contributed by atoms with Crippen molar-refractivity contribution in [1.82, 2.24) is 5.32 Å². The van der Waals surface area contributed by atoms with Crippen LogP contribution >= 0.6 is 0 Å². The van der Waals surface area contributed by atoms with Crippen molar-refractivity contribution in [3.05, 3.63) is 0 Å². The lowest BCUT2D eigenvalue weighted by atomic mass is 9.43. The predicted molar refractivity (Wildman–Crippen MR) is 129 cm³/mol. The maximum absolute atomic E-state index is 12.3. The molecule has 4 unspecified atom stereocenters. The number of aliphatic hydroxyl groups excluding tert-OH is 4. The molecule has 4 aliphatic carbocycles. The lowest BCUT2D eigenvalue weighted by Crippen LogP contribution is -2.64. The van der Waals surface area contributed by atoms with Crippen molar-refractivity contribution in [2.45, 2.75) is 103 Å². The lowest BCUT2D eigenvalue weighted by Gasteiger charge is -2.63. The molecule has 0 aromatic carbocycles. The van der Waals surface area contributed by atoms with Crippen molar-refractivity contribution < 1.29 is 35.1 Å². The molecule has 0 bridgehead atoms. The number of carboxylic acid groups (broad SMARTS) is 1. The Kier molecular flexibility index (Phi) is 7.60. The molecule has 4 aliphatic rings. The molecule has 4 fully saturated rings. The smallest absolute Gasteiger partial charge is 0.328 e. The van der Waals surface area contributed by atoms with Crippen molar-refractivity contribution >= 4 is 11.9 Å². The van der Waals surface area contributed by atoms with Gasteiger partial charge in [0.25, 0.3) is 0 Å². The monoisotopic (exact) mass is 495 g/mol. The number of aliphatic hydroxyl groups is 4. The first-order valence-corrected chi connectivity index (χ1v) is 13.6. The number of fused-ring (bicyclic) bond motifs is 5. The maximum atomic E-state index is 12.3. The van der Waals surface area contributed by atoms with Crippen LogP contribution in [-0.4, -0.2) is 68.4 Å². The highest BCUT2D eigenvalue weighted by Crippen LogP contribution is 2.68. The minimum atomic E-state index is -1.27. The third-order valence-corrected chi connectivity index (χ3v) is 11.1. The highest BCUT2D eigenvalue weighted by molar-refractivity contribution is 5.83. The molecule has 0 saturated heterocycles. The molecule has 0 aromatic heterocycles. The summed E-state index contributed by atoms with van der Waals surface area (Å²) >= 11 is 0. The molecule has 0 spiro atoms. The first-order valence-electron chi connectivity index (χ1n) is 13.6. The molecule has 8 nitrogen and oxygen atoms in total. The average Bonchev–Trinajstić information content (AvgIpc) is 3.17. The number of amides is 1. The SMILES string of the molecule is C[C@H](CCC(=O)N[C@@H](CO)C(=O)O)[C@H]1CCC2C3C(CC[C@@]21C)[C@@]1(C)CC[C@@H](O)CC1[C@@H](O)[C@H]3O. The van der Waals surface area contributed by atoms with Gasteiger partial charge in [0.05, 0.1) is 24.9 Å². The molecular weight excluding hydrogens is 450 g/mol. The van der Waals surface area contributed by atoms with E-state index in [0.717, 1.165) is 38.5 Å². The second-order valence-electron chi connectivity index (χ2n) is 12.7. The van der Waals surface area contributed by atoms with E-state index in [1.807, 2.05) is 0 Å². The van der Waals surface area contributed by atoms with Gasteiger partial charge in [-0.15, -0.1) is 0 Å². The summed E-state index contributed by atoms with van der Waals surface area (Å²) in [5.41, 5.74) is -0.0249. The van der Waals surface area contributed by atoms with E-state index in [-0.39, 0.29) is 40.9 Å². The van der Waals surface area contributed by atoms with Crippen LogP contribution in [0.1, 0.15) is 78.6 Å². The molecule has 0 aliphatic heterocycles. The van der Waals surface area contributed by atoms with Crippen LogP contribution in [0.15, 0.2) is 0 Å². The van der Waals surface area contributed by atoms with Gasteiger partial charge in [-0.2, -0.15) is 0 Å². The van der Waals surface area contributed by atoms with Crippen LogP contribution in [0.25, 0.3) is 0 Å². The van der Waals surface area contributed by atoms with Crippen LogP contribution in [0.4, 0.5) is 0 Å². The lowest BCUT2D eigenvalue weighted by molar-refractivity contribution is -0.223. The Morgan fingerprint density at radius 2 is 1.60 bits per heavy atom. The van der Waals surface area contributed by atoms with Gasteiger partial charge in [-0.1, -0.05) is 20.8 Å². The van der Waals surface area contributed by atoms with Gasteiger partial charge in [-0.05, 0) is 97.7 Å². The molecule has 0 radical (unpaired) electrons. The summed E-state index contributed by atoms with van der Waals surface area (Å²) in [5, 5.41) is 53.4. The van der Waals surface area contributed by atoms with E-state index in [1.54, 1.807) is 0 Å². The van der Waals surface area contributed by atoms with E-state index in [9.17, 15) is 24.9 Å². The maximum Gasteiger partial charge on any atom is 0.328 e. The Balaban J connectivity index is 1.45. The Morgan fingerprint density at radius 3 is 2.26 bits per heavy atom. The largest absolute Gasteiger partial charge is 0.480 e. The second kappa shape index (κ2) is 9.92. The van der Waals surface area contributed by atoms with E-state index in [1.165, 1.54) is 0 Å². The molecule has 0 aromatic rings. The fourth-order valence-electron chi connectivity index (χ4n) is 9.23. The molecule has 0 heterocycles. The molecule has 4 rings (SSSR count). The molecule has 4 saturated carbocycles.